The summed E-state index contributed by atoms with van der Waals surface area (Å²) in [4.78, 5) is 0. The Morgan fingerprint density at radius 1 is 0.370 bits per heavy atom. The van der Waals surface area contributed by atoms with Crippen LogP contribution in [0.5, 0.6) is 0 Å². The molecule has 11 rings (SSSR count). The lowest BCUT2D eigenvalue weighted by Crippen LogP contribution is -2.44. The van der Waals surface area contributed by atoms with Crippen LogP contribution in [-0.4, -0.2) is 0 Å². The topological polar surface area (TPSA) is 0 Å². The van der Waals surface area contributed by atoms with Crippen LogP contribution in [0.1, 0.15) is 62.6 Å². The van der Waals surface area contributed by atoms with E-state index in [0.717, 1.165) is 6.42 Å². The van der Waals surface area contributed by atoms with Crippen molar-refractivity contribution in [1.29, 1.82) is 0 Å². The summed E-state index contributed by atoms with van der Waals surface area (Å²) >= 11 is 0. The molecule has 0 nitrogen and oxygen atoms in total. The van der Waals surface area contributed by atoms with Crippen LogP contribution in [0.2, 0.25) is 0 Å². The van der Waals surface area contributed by atoms with Gasteiger partial charge in [-0.25, -0.2) is 0 Å². The maximum atomic E-state index is 2.45. The third-order valence-corrected chi connectivity index (χ3v) is 12.6. The van der Waals surface area contributed by atoms with Crippen molar-refractivity contribution in [2.75, 3.05) is 0 Å². The van der Waals surface area contributed by atoms with Gasteiger partial charge in [-0.05, 0) is 108 Å². The zero-order chi connectivity index (χ0) is 35.9. The number of allylic oxidation sites excluding steroid dienone is 2. The standard InChI is InChI=1S/C54H38/c1-36(30-31-37-16-3-2-4-17-37)38-32-34-39(35-33-38)40-22-15-29-51-52(40)54(47-25-11-7-20-43(47)44-21-8-12-26-48(44)54)50-28-14-13-27-49(50)53(51)45-23-9-5-18-41(45)42-19-6-10-24-46(42)53/h2-30,32-35H,31H2,1H3/b36-30+. The van der Waals surface area contributed by atoms with E-state index in [1.165, 1.54) is 94.6 Å². The number of hydrogen-bond acceptors (Lipinski definition) is 0. The molecule has 0 aliphatic heterocycles. The predicted molar refractivity (Wildman–Crippen MR) is 224 cm³/mol. The lowest BCUT2D eigenvalue weighted by atomic mass is 9.51. The van der Waals surface area contributed by atoms with Gasteiger partial charge in [0.05, 0.1) is 10.8 Å². The van der Waals surface area contributed by atoms with Gasteiger partial charge in [0, 0.05) is 0 Å². The fraction of sp³-hybridized carbons (Fsp3) is 0.0741. The van der Waals surface area contributed by atoms with Gasteiger partial charge >= 0.3 is 0 Å². The summed E-state index contributed by atoms with van der Waals surface area (Å²) in [6.45, 7) is 2.24. The fourth-order valence-electron chi connectivity index (χ4n) is 10.5. The second-order valence-corrected chi connectivity index (χ2v) is 15.1. The highest BCUT2D eigenvalue weighted by Gasteiger charge is 2.59. The summed E-state index contributed by atoms with van der Waals surface area (Å²) in [5.74, 6) is 0. The summed E-state index contributed by atoms with van der Waals surface area (Å²) in [6.07, 6.45) is 3.28. The largest absolute Gasteiger partial charge is 0.0766 e. The minimum Gasteiger partial charge on any atom is -0.0766 e. The lowest BCUT2D eigenvalue weighted by molar-refractivity contribution is 0.634. The SMILES string of the molecule is C/C(=C\Cc1ccccc1)c1ccc(-c2cccc3c2C2(c4ccccc4-c4ccccc42)c2ccccc2C32c3ccccc3-c3ccccc32)cc1. The summed E-state index contributed by atoms with van der Waals surface area (Å²) in [7, 11) is 0. The van der Waals surface area contributed by atoms with Gasteiger partial charge in [0.15, 0.2) is 0 Å². The maximum absolute atomic E-state index is 2.45. The Balaban J connectivity index is 1.23. The van der Waals surface area contributed by atoms with Crippen molar-refractivity contribution in [3.05, 3.63) is 256 Å². The average Bonchev–Trinajstić information content (AvgIpc) is 3.71. The highest BCUT2D eigenvalue weighted by atomic mass is 14.6. The molecule has 0 saturated carbocycles. The molecular formula is C54H38. The molecule has 0 unspecified atom stereocenters. The molecule has 54 heavy (non-hydrogen) atoms. The molecular weight excluding hydrogens is 649 g/mol. The first-order valence-corrected chi connectivity index (χ1v) is 19.2. The fourth-order valence-corrected chi connectivity index (χ4v) is 10.5. The van der Waals surface area contributed by atoms with E-state index in [-0.39, 0.29) is 0 Å². The molecule has 0 bridgehead atoms. The molecule has 0 N–H and O–H groups in total. The molecule has 3 aliphatic rings. The van der Waals surface area contributed by atoms with Gasteiger partial charge in [0.25, 0.3) is 0 Å². The van der Waals surface area contributed by atoms with E-state index < -0.39 is 10.8 Å². The molecule has 0 aromatic heterocycles. The first-order valence-electron chi connectivity index (χ1n) is 19.2. The van der Waals surface area contributed by atoms with Crippen molar-refractivity contribution < 1.29 is 0 Å². The number of benzene rings is 8. The van der Waals surface area contributed by atoms with Crippen LogP contribution < -0.4 is 0 Å². The monoisotopic (exact) mass is 686 g/mol. The van der Waals surface area contributed by atoms with Crippen molar-refractivity contribution in [1.82, 2.24) is 0 Å². The Hall–Kier alpha value is -6.50. The van der Waals surface area contributed by atoms with E-state index in [2.05, 4.69) is 207 Å². The van der Waals surface area contributed by atoms with Gasteiger partial charge in [-0.1, -0.05) is 200 Å². The first-order chi connectivity index (χ1) is 26.7. The van der Waals surface area contributed by atoms with Crippen molar-refractivity contribution in [2.24, 2.45) is 0 Å². The summed E-state index contributed by atoms with van der Waals surface area (Å²) in [5, 5.41) is 0. The molecule has 2 spiro atoms. The van der Waals surface area contributed by atoms with Crippen LogP contribution in [0, 0.1) is 0 Å². The lowest BCUT2D eigenvalue weighted by Gasteiger charge is -2.49. The first kappa shape index (κ1) is 31.1. The quantitative estimate of drug-likeness (QED) is 0.173. The summed E-state index contributed by atoms with van der Waals surface area (Å²) < 4.78 is 0. The van der Waals surface area contributed by atoms with Crippen LogP contribution in [0.4, 0.5) is 0 Å². The molecule has 0 saturated heterocycles. The van der Waals surface area contributed by atoms with Gasteiger partial charge in [-0.2, -0.15) is 0 Å². The van der Waals surface area contributed by atoms with Gasteiger partial charge in [0.1, 0.15) is 0 Å². The van der Waals surface area contributed by atoms with E-state index in [0.29, 0.717) is 0 Å². The normalized spacial score (nSPS) is 14.9. The van der Waals surface area contributed by atoms with E-state index in [1.807, 2.05) is 0 Å². The maximum Gasteiger partial charge on any atom is 0.0725 e. The Kier molecular flexibility index (Phi) is 6.76. The second kappa shape index (κ2) is 11.8. The zero-order valence-electron chi connectivity index (χ0n) is 30.3. The third kappa shape index (κ3) is 4.03. The van der Waals surface area contributed by atoms with Crippen molar-refractivity contribution in [3.63, 3.8) is 0 Å². The molecule has 3 aliphatic carbocycles. The van der Waals surface area contributed by atoms with Gasteiger partial charge in [-0.3, -0.25) is 0 Å². The second-order valence-electron chi connectivity index (χ2n) is 15.1. The molecule has 254 valence electrons. The zero-order valence-corrected chi connectivity index (χ0v) is 30.3. The molecule has 0 heterocycles. The van der Waals surface area contributed by atoms with Crippen LogP contribution >= 0.6 is 0 Å². The average molecular weight is 687 g/mol. The molecule has 8 aromatic carbocycles. The number of rotatable bonds is 4. The Labute approximate surface area is 317 Å². The highest BCUT2D eigenvalue weighted by molar-refractivity contribution is 5.96. The van der Waals surface area contributed by atoms with E-state index in [1.54, 1.807) is 0 Å². The number of hydrogen-bond donors (Lipinski definition) is 0. The minimum absolute atomic E-state index is 0.483. The number of fused-ring (bicyclic) bond motifs is 16. The smallest absolute Gasteiger partial charge is 0.0725 e. The third-order valence-electron chi connectivity index (χ3n) is 12.6. The highest BCUT2D eigenvalue weighted by Crippen LogP contribution is 2.68. The summed E-state index contributed by atoms with van der Waals surface area (Å²) in [6, 6.07) is 73.2. The van der Waals surface area contributed by atoms with E-state index >= 15 is 0 Å². The molecule has 0 radical (unpaired) electrons. The van der Waals surface area contributed by atoms with Crippen LogP contribution in [0.25, 0.3) is 39.0 Å². The van der Waals surface area contributed by atoms with E-state index in [4.69, 9.17) is 0 Å². The van der Waals surface area contributed by atoms with Crippen molar-refractivity contribution in [3.8, 4) is 33.4 Å². The molecule has 0 atom stereocenters. The Morgan fingerprint density at radius 2 is 0.778 bits per heavy atom. The van der Waals surface area contributed by atoms with Crippen LogP contribution in [-0.2, 0) is 17.3 Å². The van der Waals surface area contributed by atoms with Crippen molar-refractivity contribution >= 4 is 5.57 Å². The predicted octanol–water partition coefficient (Wildman–Crippen LogP) is 13.0. The Bertz CT molecular complexity index is 2710. The molecule has 0 amide bonds. The van der Waals surface area contributed by atoms with E-state index in [9.17, 15) is 0 Å². The molecule has 0 heteroatoms. The van der Waals surface area contributed by atoms with Crippen LogP contribution in [0.15, 0.2) is 200 Å². The Morgan fingerprint density at radius 3 is 1.31 bits per heavy atom. The van der Waals surface area contributed by atoms with Gasteiger partial charge < -0.3 is 0 Å². The molecule has 8 aromatic rings. The van der Waals surface area contributed by atoms with Crippen LogP contribution in [0.3, 0.4) is 0 Å². The molecule has 0 fully saturated rings. The van der Waals surface area contributed by atoms with Crippen molar-refractivity contribution in [2.45, 2.75) is 24.2 Å². The minimum atomic E-state index is -0.516. The van der Waals surface area contributed by atoms with Gasteiger partial charge in [0.2, 0.25) is 0 Å². The van der Waals surface area contributed by atoms with Gasteiger partial charge in [-0.15, -0.1) is 0 Å². The summed E-state index contributed by atoms with van der Waals surface area (Å²) in [5.41, 5.74) is 21.6.